The molecule has 7 nitrogen and oxygen atoms in total. The molecule has 0 amide bonds. The van der Waals surface area contributed by atoms with Gasteiger partial charge in [-0.15, -0.1) is 0 Å². The molecule has 3 heterocycles. The molecule has 1 aromatic heterocycles. The first kappa shape index (κ1) is 18.6. The normalized spacial score (nSPS) is 20.4. The fourth-order valence-electron chi connectivity index (χ4n) is 3.31. The third-order valence-electron chi connectivity index (χ3n) is 4.75. The molecule has 0 radical (unpaired) electrons. The second-order valence-electron chi connectivity index (χ2n) is 6.73. The number of hydrogen-bond acceptors (Lipinski definition) is 6. The number of aromatic nitrogens is 1. The average molecular weight is 368 g/mol. The van der Waals surface area contributed by atoms with Crippen molar-refractivity contribution in [1.29, 1.82) is 0 Å². The predicted molar refractivity (Wildman–Crippen MR) is 101 cm³/mol. The molecule has 0 unspecified atom stereocenters. The first-order chi connectivity index (χ1) is 12.2. The molecule has 2 fully saturated rings. The smallest absolute Gasteiger partial charge is 0.169 e. The molecule has 140 valence electrons. The van der Waals surface area contributed by atoms with Crippen molar-refractivity contribution in [3.8, 4) is 0 Å². The molecule has 1 aromatic rings. The zero-order chi connectivity index (χ0) is 17.5. The number of nitrogens with one attached hydrogen (secondary N) is 1. The van der Waals surface area contributed by atoms with Crippen LogP contribution in [-0.2, 0) is 11.3 Å². The van der Waals surface area contributed by atoms with Gasteiger partial charge in [0, 0.05) is 65.0 Å². The highest BCUT2D eigenvalue weighted by Crippen LogP contribution is 2.09. The van der Waals surface area contributed by atoms with E-state index in [0.717, 1.165) is 95.1 Å². The molecule has 0 spiro atoms. The van der Waals surface area contributed by atoms with Crippen molar-refractivity contribution in [2.75, 3.05) is 65.6 Å². The Hall–Kier alpha value is -1.22. The van der Waals surface area contributed by atoms with Gasteiger partial charge in [0.1, 0.15) is 5.76 Å². The van der Waals surface area contributed by atoms with Crippen LogP contribution >= 0.6 is 12.2 Å². The van der Waals surface area contributed by atoms with Crippen LogP contribution < -0.4 is 5.32 Å². The van der Waals surface area contributed by atoms with Crippen LogP contribution in [0.3, 0.4) is 0 Å². The maximum Gasteiger partial charge on any atom is 0.169 e. The van der Waals surface area contributed by atoms with Crippen LogP contribution in [0, 0.1) is 6.92 Å². The Morgan fingerprint density at radius 2 is 2.00 bits per heavy atom. The molecule has 0 aliphatic carbocycles. The Balaban J connectivity index is 1.37. The van der Waals surface area contributed by atoms with Gasteiger partial charge in [-0.3, -0.25) is 9.80 Å². The van der Waals surface area contributed by atoms with Crippen LogP contribution in [0.1, 0.15) is 17.9 Å². The summed E-state index contributed by atoms with van der Waals surface area (Å²) in [4.78, 5) is 7.14. The van der Waals surface area contributed by atoms with Crippen LogP contribution in [0.25, 0.3) is 0 Å². The van der Waals surface area contributed by atoms with E-state index in [1.54, 1.807) is 0 Å². The zero-order valence-electron chi connectivity index (χ0n) is 15.1. The van der Waals surface area contributed by atoms with Gasteiger partial charge in [-0.1, -0.05) is 5.16 Å². The quantitative estimate of drug-likeness (QED) is 0.764. The van der Waals surface area contributed by atoms with Crippen LogP contribution in [0.15, 0.2) is 10.6 Å². The monoisotopic (exact) mass is 367 g/mol. The Kier molecular flexibility index (Phi) is 7.03. The molecular formula is C17H29N5O2S. The first-order valence-corrected chi connectivity index (χ1v) is 9.59. The van der Waals surface area contributed by atoms with Crippen molar-refractivity contribution >= 4 is 17.3 Å². The van der Waals surface area contributed by atoms with Crippen molar-refractivity contribution in [3.05, 3.63) is 17.5 Å². The Morgan fingerprint density at radius 3 is 2.76 bits per heavy atom. The van der Waals surface area contributed by atoms with E-state index in [1.807, 2.05) is 13.0 Å². The number of hydrogen-bond donors (Lipinski definition) is 1. The summed E-state index contributed by atoms with van der Waals surface area (Å²) in [5, 5.41) is 8.40. The van der Waals surface area contributed by atoms with Gasteiger partial charge in [0.2, 0.25) is 0 Å². The van der Waals surface area contributed by atoms with Gasteiger partial charge in [0.15, 0.2) is 5.11 Å². The van der Waals surface area contributed by atoms with E-state index in [0.29, 0.717) is 0 Å². The molecule has 2 aliphatic rings. The molecular weight excluding hydrogens is 338 g/mol. The summed E-state index contributed by atoms with van der Waals surface area (Å²) < 4.78 is 10.5. The lowest BCUT2D eigenvalue weighted by Gasteiger charge is -2.28. The number of rotatable bonds is 5. The standard InChI is InChI=1S/C17H29N5O2S/c1-15-13-16(19-24-15)14-21-4-2-5-22(8-7-21)17(25)18-3-6-20-9-11-23-12-10-20/h13H,2-12,14H2,1H3,(H,18,25). The lowest BCUT2D eigenvalue weighted by atomic mass is 10.3. The van der Waals surface area contributed by atoms with Crippen molar-refractivity contribution in [3.63, 3.8) is 0 Å². The predicted octanol–water partition coefficient (Wildman–Crippen LogP) is 0.697. The number of ether oxygens (including phenoxy) is 1. The van der Waals surface area contributed by atoms with Crippen LogP contribution in [0.5, 0.6) is 0 Å². The van der Waals surface area contributed by atoms with E-state index in [9.17, 15) is 0 Å². The molecule has 0 bridgehead atoms. The lowest BCUT2D eigenvalue weighted by molar-refractivity contribution is 0.0389. The minimum atomic E-state index is 0.845. The summed E-state index contributed by atoms with van der Waals surface area (Å²) in [5.41, 5.74) is 1.01. The molecule has 2 aliphatic heterocycles. The molecule has 2 saturated heterocycles. The number of morpholine rings is 1. The largest absolute Gasteiger partial charge is 0.379 e. The van der Waals surface area contributed by atoms with Gasteiger partial charge in [-0.05, 0) is 25.6 Å². The summed E-state index contributed by atoms with van der Waals surface area (Å²) in [6.07, 6.45) is 1.11. The Bertz CT molecular complexity index is 547. The van der Waals surface area contributed by atoms with E-state index in [-0.39, 0.29) is 0 Å². The minimum Gasteiger partial charge on any atom is -0.379 e. The van der Waals surface area contributed by atoms with Crippen LogP contribution in [0.4, 0.5) is 0 Å². The summed E-state index contributed by atoms with van der Waals surface area (Å²) in [7, 11) is 0. The number of aryl methyl sites for hydroxylation is 1. The highest BCUT2D eigenvalue weighted by molar-refractivity contribution is 7.80. The van der Waals surface area contributed by atoms with E-state index in [2.05, 4.69) is 25.2 Å². The first-order valence-electron chi connectivity index (χ1n) is 9.18. The second-order valence-corrected chi connectivity index (χ2v) is 7.12. The fourth-order valence-corrected chi connectivity index (χ4v) is 3.60. The van der Waals surface area contributed by atoms with Gasteiger partial charge >= 0.3 is 0 Å². The highest BCUT2D eigenvalue weighted by Gasteiger charge is 2.18. The molecule has 0 atom stereocenters. The van der Waals surface area contributed by atoms with Crippen molar-refractivity contribution in [2.24, 2.45) is 0 Å². The molecule has 25 heavy (non-hydrogen) atoms. The van der Waals surface area contributed by atoms with Gasteiger partial charge in [0.05, 0.1) is 18.9 Å². The van der Waals surface area contributed by atoms with E-state index in [1.165, 1.54) is 0 Å². The molecule has 8 heteroatoms. The van der Waals surface area contributed by atoms with Crippen LogP contribution in [0.2, 0.25) is 0 Å². The van der Waals surface area contributed by atoms with Gasteiger partial charge in [-0.25, -0.2) is 0 Å². The van der Waals surface area contributed by atoms with Crippen molar-refractivity contribution in [1.82, 2.24) is 25.2 Å². The fraction of sp³-hybridized carbons (Fsp3) is 0.765. The second kappa shape index (κ2) is 9.47. The zero-order valence-corrected chi connectivity index (χ0v) is 15.9. The summed E-state index contributed by atoms with van der Waals surface area (Å²) in [6.45, 7) is 12.5. The maximum atomic E-state index is 5.60. The molecule has 0 aromatic carbocycles. The summed E-state index contributed by atoms with van der Waals surface area (Å²) >= 11 is 5.60. The van der Waals surface area contributed by atoms with E-state index >= 15 is 0 Å². The van der Waals surface area contributed by atoms with Crippen LogP contribution in [-0.4, -0.2) is 90.5 Å². The number of thiocarbonyl (C=S) groups is 1. The van der Waals surface area contributed by atoms with E-state index < -0.39 is 0 Å². The van der Waals surface area contributed by atoms with Gasteiger partial charge in [-0.2, -0.15) is 0 Å². The number of nitrogens with zero attached hydrogens (tertiary/aromatic N) is 4. The molecule has 0 saturated carbocycles. The SMILES string of the molecule is Cc1cc(CN2CCCN(C(=S)NCCN3CCOCC3)CC2)no1. The summed E-state index contributed by atoms with van der Waals surface area (Å²) in [6, 6.07) is 2.01. The van der Waals surface area contributed by atoms with Crippen molar-refractivity contribution in [2.45, 2.75) is 19.9 Å². The van der Waals surface area contributed by atoms with Gasteiger partial charge in [0.25, 0.3) is 0 Å². The molecule has 3 rings (SSSR count). The minimum absolute atomic E-state index is 0.845. The topological polar surface area (TPSA) is 57.0 Å². The summed E-state index contributed by atoms with van der Waals surface area (Å²) in [5.74, 6) is 0.872. The van der Waals surface area contributed by atoms with Crippen molar-refractivity contribution < 1.29 is 9.26 Å². The average Bonchev–Trinajstić information content (AvgIpc) is 2.89. The molecule has 1 N–H and O–H groups in total. The third kappa shape index (κ3) is 5.91. The lowest BCUT2D eigenvalue weighted by Crippen LogP contribution is -2.46. The third-order valence-corrected chi connectivity index (χ3v) is 5.15. The van der Waals surface area contributed by atoms with Gasteiger partial charge < -0.3 is 19.5 Å². The van der Waals surface area contributed by atoms with E-state index in [4.69, 9.17) is 21.5 Å². The maximum absolute atomic E-state index is 5.60. The Labute approximate surface area is 155 Å². The highest BCUT2D eigenvalue weighted by atomic mass is 32.1. The Morgan fingerprint density at radius 1 is 1.16 bits per heavy atom.